The van der Waals surface area contributed by atoms with Crippen LogP contribution in [0.25, 0.3) is 11.9 Å². The Bertz CT molecular complexity index is 501. The molecule has 1 nitrogen and oxygen atoms in total. The summed E-state index contributed by atoms with van der Waals surface area (Å²) in [5.74, 6) is 0. The smallest absolute Gasteiger partial charge is 0.0482 e. The van der Waals surface area contributed by atoms with E-state index in [9.17, 15) is 0 Å². The molecule has 0 unspecified atom stereocenters. The van der Waals surface area contributed by atoms with Crippen LogP contribution in [0.5, 0.6) is 0 Å². The number of hydrogen-bond donors (Lipinski definition) is 0. The second-order valence-electron chi connectivity index (χ2n) is 5.87. The molecule has 1 aromatic carbocycles. The number of hydrogen-bond acceptors (Lipinski definition) is 0. The van der Waals surface area contributed by atoms with Gasteiger partial charge in [0.25, 0.3) is 0 Å². The Morgan fingerprint density at radius 3 is 2.20 bits per heavy atom. The van der Waals surface area contributed by atoms with Crippen LogP contribution in [0.1, 0.15) is 71.1 Å². The Morgan fingerprint density at radius 1 is 0.800 bits per heavy atom. The van der Waals surface area contributed by atoms with Crippen molar-refractivity contribution < 1.29 is 0 Å². The molecule has 0 saturated carbocycles. The average Bonchev–Trinajstić information content (AvgIpc) is 2.89. The molecule has 0 amide bonds. The van der Waals surface area contributed by atoms with Gasteiger partial charge in [-0.1, -0.05) is 82.6 Å². The highest BCUT2D eigenvalue weighted by Crippen LogP contribution is 2.13. The van der Waals surface area contributed by atoms with Crippen molar-refractivity contribution in [2.24, 2.45) is 0 Å². The molecule has 20 heavy (non-hydrogen) atoms. The van der Waals surface area contributed by atoms with Gasteiger partial charge in [0.05, 0.1) is 0 Å². The van der Waals surface area contributed by atoms with E-state index in [-0.39, 0.29) is 0 Å². The summed E-state index contributed by atoms with van der Waals surface area (Å²) in [7, 11) is 0. The van der Waals surface area contributed by atoms with Crippen LogP contribution in [0.15, 0.2) is 24.3 Å². The molecule has 0 fully saturated rings. The lowest BCUT2D eigenvalue weighted by atomic mass is 10.1. The lowest BCUT2D eigenvalue weighted by Gasteiger charge is -2.03. The molecule has 0 aliphatic carbocycles. The molecule has 0 saturated heterocycles. The third kappa shape index (κ3) is 4.70. The van der Waals surface area contributed by atoms with E-state index in [4.69, 9.17) is 0 Å². The molecule has 2 rings (SSSR count). The predicted octanol–water partition coefficient (Wildman–Crippen LogP) is 4.07. The van der Waals surface area contributed by atoms with Crippen molar-refractivity contribution in [3.8, 4) is 0 Å². The maximum absolute atomic E-state index is 4.56. The van der Waals surface area contributed by atoms with Crippen LogP contribution in [-0.2, 0) is 0 Å². The molecular weight excluding hydrogens is 242 g/mol. The largest absolute Gasteiger partial charge is 0.260 e. The Labute approximate surface area is 123 Å². The van der Waals surface area contributed by atoms with E-state index in [1.165, 1.54) is 73.9 Å². The van der Waals surface area contributed by atoms with Gasteiger partial charge in [0.2, 0.25) is 0 Å². The van der Waals surface area contributed by atoms with Crippen molar-refractivity contribution in [1.29, 1.82) is 0 Å². The second kappa shape index (κ2) is 8.84. The van der Waals surface area contributed by atoms with Gasteiger partial charge in [0, 0.05) is 22.3 Å². The molecule has 1 heterocycles. The molecule has 0 spiro atoms. The first kappa shape index (κ1) is 15.2. The van der Waals surface area contributed by atoms with Crippen LogP contribution in [0.2, 0.25) is 0 Å². The van der Waals surface area contributed by atoms with E-state index in [0.29, 0.717) is 0 Å². The summed E-state index contributed by atoms with van der Waals surface area (Å²) in [5, 5.41) is 7.21. The van der Waals surface area contributed by atoms with Gasteiger partial charge in [0.1, 0.15) is 0 Å². The van der Waals surface area contributed by atoms with Crippen LogP contribution >= 0.6 is 0 Å². The predicted molar refractivity (Wildman–Crippen MR) is 87.5 cm³/mol. The Balaban J connectivity index is 1.58. The quantitative estimate of drug-likeness (QED) is 0.569. The molecule has 109 valence electrons. The highest BCUT2D eigenvalue weighted by Gasteiger charge is 2.05. The van der Waals surface area contributed by atoms with Gasteiger partial charge in [0.15, 0.2) is 0 Å². The zero-order valence-electron chi connectivity index (χ0n) is 12.9. The van der Waals surface area contributed by atoms with Crippen LogP contribution in [0.3, 0.4) is 0 Å². The Hall–Kier alpha value is -1.24. The maximum atomic E-state index is 4.56. The number of nitrogens with zero attached hydrogens (tertiary/aromatic N) is 1. The lowest BCUT2D eigenvalue weighted by Crippen LogP contribution is -2.21. The molecule has 0 N–H and O–H groups in total. The van der Waals surface area contributed by atoms with Crippen molar-refractivity contribution in [3.63, 3.8) is 0 Å². The Morgan fingerprint density at radius 2 is 1.45 bits per heavy atom. The van der Waals surface area contributed by atoms with Crippen LogP contribution in [0.4, 0.5) is 0 Å². The van der Waals surface area contributed by atoms with Crippen LogP contribution in [0, 0.1) is 0 Å². The van der Waals surface area contributed by atoms with Gasteiger partial charge in [-0.25, -0.2) is 0 Å². The first-order valence-electron chi connectivity index (χ1n) is 8.41. The van der Waals surface area contributed by atoms with E-state index in [1.807, 2.05) is 6.20 Å². The fraction of sp³-hybridized carbons (Fsp3) is 0.579. The standard InChI is InChI=1S/C19H28N/c1-2-3-4-5-6-7-8-9-10-15-19-18-14-12-11-13-17(18)16-20-19/h11-14,16H,2-10,15H2,1H3. The fourth-order valence-corrected chi connectivity index (χ4v) is 2.89. The first-order chi connectivity index (χ1) is 9.92. The number of rotatable bonds is 10. The van der Waals surface area contributed by atoms with Gasteiger partial charge in [-0.05, 0) is 12.8 Å². The number of benzene rings is 1. The van der Waals surface area contributed by atoms with Crippen LogP contribution in [-0.4, -0.2) is 0 Å². The van der Waals surface area contributed by atoms with E-state index in [0.717, 1.165) is 6.42 Å². The van der Waals surface area contributed by atoms with Gasteiger partial charge in [-0.2, -0.15) is 0 Å². The molecule has 1 aliphatic heterocycles. The SMILES string of the molecule is CCCCCCCCCCCC1=c2ccccc2=C[N]1. The summed E-state index contributed by atoms with van der Waals surface area (Å²) in [6.07, 6.45) is 15.7. The zero-order chi connectivity index (χ0) is 14.0. The first-order valence-corrected chi connectivity index (χ1v) is 8.41. The van der Waals surface area contributed by atoms with E-state index in [1.54, 1.807) is 0 Å². The van der Waals surface area contributed by atoms with Crippen molar-refractivity contribution in [1.82, 2.24) is 5.32 Å². The summed E-state index contributed by atoms with van der Waals surface area (Å²) < 4.78 is 0. The van der Waals surface area contributed by atoms with Crippen LogP contribution < -0.4 is 15.8 Å². The minimum atomic E-state index is 1.14. The van der Waals surface area contributed by atoms with Crippen molar-refractivity contribution >= 4 is 11.9 Å². The lowest BCUT2D eigenvalue weighted by molar-refractivity contribution is 0.566. The van der Waals surface area contributed by atoms with E-state index < -0.39 is 0 Å². The summed E-state index contributed by atoms with van der Waals surface area (Å²) in [4.78, 5) is 0. The van der Waals surface area contributed by atoms with Gasteiger partial charge in [-0.3, -0.25) is 5.32 Å². The normalized spacial score (nSPS) is 12.9. The average molecular weight is 270 g/mol. The van der Waals surface area contributed by atoms with Crippen molar-refractivity contribution in [3.05, 3.63) is 34.7 Å². The van der Waals surface area contributed by atoms with E-state index in [2.05, 4.69) is 36.5 Å². The fourth-order valence-electron chi connectivity index (χ4n) is 2.89. The molecule has 0 atom stereocenters. The number of fused-ring (bicyclic) bond motifs is 1. The van der Waals surface area contributed by atoms with Gasteiger partial charge in [-0.15, -0.1) is 0 Å². The monoisotopic (exact) mass is 270 g/mol. The maximum Gasteiger partial charge on any atom is 0.0482 e. The highest BCUT2D eigenvalue weighted by atomic mass is 14.9. The second-order valence-corrected chi connectivity index (χ2v) is 5.87. The van der Waals surface area contributed by atoms with Crippen molar-refractivity contribution in [2.75, 3.05) is 0 Å². The topological polar surface area (TPSA) is 14.1 Å². The molecule has 1 aliphatic rings. The van der Waals surface area contributed by atoms with E-state index >= 15 is 0 Å². The van der Waals surface area contributed by atoms with Crippen molar-refractivity contribution in [2.45, 2.75) is 71.1 Å². The Kier molecular flexibility index (Phi) is 6.70. The molecule has 1 radical (unpaired) electrons. The molecule has 1 heteroatoms. The number of unbranched alkanes of at least 4 members (excludes halogenated alkanes) is 8. The zero-order valence-corrected chi connectivity index (χ0v) is 12.9. The molecule has 1 aromatic rings. The highest BCUT2D eigenvalue weighted by molar-refractivity contribution is 5.54. The molecular formula is C19H28N. The minimum absolute atomic E-state index is 1.14. The summed E-state index contributed by atoms with van der Waals surface area (Å²) in [6.45, 7) is 2.28. The molecule has 0 aromatic heterocycles. The van der Waals surface area contributed by atoms with Gasteiger partial charge >= 0.3 is 0 Å². The third-order valence-electron chi connectivity index (χ3n) is 4.15. The molecule has 0 bridgehead atoms. The summed E-state index contributed by atoms with van der Waals surface area (Å²) in [5.41, 5.74) is 1.29. The summed E-state index contributed by atoms with van der Waals surface area (Å²) >= 11 is 0. The minimum Gasteiger partial charge on any atom is -0.260 e. The van der Waals surface area contributed by atoms with Gasteiger partial charge < -0.3 is 0 Å². The third-order valence-corrected chi connectivity index (χ3v) is 4.15. The summed E-state index contributed by atoms with van der Waals surface area (Å²) in [6, 6.07) is 8.56.